The van der Waals surface area contributed by atoms with E-state index in [1.54, 1.807) is 0 Å². The molecule has 0 saturated carbocycles. The molecule has 14 heavy (non-hydrogen) atoms. The molecule has 0 radical (unpaired) electrons. The van der Waals surface area contributed by atoms with Gasteiger partial charge < -0.3 is 10.2 Å². The van der Waals surface area contributed by atoms with Gasteiger partial charge in [-0.1, -0.05) is 19.8 Å². The fourth-order valence-corrected chi connectivity index (χ4v) is 1.51. The first-order chi connectivity index (χ1) is 6.66. The molecular weight excluding hydrogens is 172 g/mol. The van der Waals surface area contributed by atoms with Crippen LogP contribution in [0.3, 0.4) is 0 Å². The lowest BCUT2D eigenvalue weighted by molar-refractivity contribution is 0.386. The quantitative estimate of drug-likeness (QED) is 0.575. The Morgan fingerprint density at radius 1 is 1.14 bits per heavy atom. The van der Waals surface area contributed by atoms with E-state index in [0.717, 1.165) is 0 Å². The summed E-state index contributed by atoms with van der Waals surface area (Å²) in [4.78, 5) is 2.25. The number of hydrogen-bond donors (Lipinski definition) is 1. The van der Waals surface area contributed by atoms with E-state index in [-0.39, 0.29) is 0 Å². The van der Waals surface area contributed by atoms with Gasteiger partial charge in [-0.15, -0.1) is 0 Å². The molecule has 0 amide bonds. The third-order valence-electron chi connectivity index (χ3n) is 2.52. The topological polar surface area (TPSA) is 15.3 Å². The standard InChI is InChI=1S/C12H28N2/c1-5-6-9-12(2)13-10-7-8-11-14(3)4/h12-13H,5-11H2,1-4H3. The van der Waals surface area contributed by atoms with Crippen LogP contribution in [0.4, 0.5) is 0 Å². The summed E-state index contributed by atoms with van der Waals surface area (Å²) < 4.78 is 0. The van der Waals surface area contributed by atoms with Crippen LogP contribution in [0.15, 0.2) is 0 Å². The van der Waals surface area contributed by atoms with Crippen molar-refractivity contribution in [2.75, 3.05) is 27.2 Å². The molecule has 0 spiro atoms. The van der Waals surface area contributed by atoms with Crippen molar-refractivity contribution in [3.05, 3.63) is 0 Å². The molecule has 0 bridgehead atoms. The zero-order valence-corrected chi connectivity index (χ0v) is 10.5. The first kappa shape index (κ1) is 13.9. The number of rotatable bonds is 9. The Hall–Kier alpha value is -0.0800. The fraction of sp³-hybridized carbons (Fsp3) is 1.00. The van der Waals surface area contributed by atoms with Crippen LogP contribution in [0.2, 0.25) is 0 Å². The van der Waals surface area contributed by atoms with E-state index in [1.165, 1.54) is 45.2 Å². The second-order valence-corrected chi connectivity index (χ2v) is 4.51. The van der Waals surface area contributed by atoms with Gasteiger partial charge in [-0.2, -0.15) is 0 Å². The van der Waals surface area contributed by atoms with E-state index in [1.807, 2.05) is 0 Å². The number of hydrogen-bond acceptors (Lipinski definition) is 2. The fourth-order valence-electron chi connectivity index (χ4n) is 1.51. The maximum atomic E-state index is 3.57. The molecule has 0 saturated heterocycles. The van der Waals surface area contributed by atoms with Gasteiger partial charge in [0.2, 0.25) is 0 Å². The van der Waals surface area contributed by atoms with Gasteiger partial charge >= 0.3 is 0 Å². The van der Waals surface area contributed by atoms with Gasteiger partial charge in [-0.25, -0.2) is 0 Å². The summed E-state index contributed by atoms with van der Waals surface area (Å²) in [5.74, 6) is 0. The largest absolute Gasteiger partial charge is 0.314 e. The molecule has 0 fully saturated rings. The molecule has 0 aliphatic heterocycles. The molecule has 1 N–H and O–H groups in total. The lowest BCUT2D eigenvalue weighted by Crippen LogP contribution is -2.27. The van der Waals surface area contributed by atoms with Crippen molar-refractivity contribution in [2.45, 2.75) is 52.0 Å². The SMILES string of the molecule is CCCCC(C)NCCCCN(C)C. The molecule has 1 unspecified atom stereocenters. The second-order valence-electron chi connectivity index (χ2n) is 4.51. The Morgan fingerprint density at radius 3 is 2.43 bits per heavy atom. The van der Waals surface area contributed by atoms with Crippen LogP contribution >= 0.6 is 0 Å². The molecule has 0 aromatic rings. The van der Waals surface area contributed by atoms with E-state index in [2.05, 4.69) is 38.2 Å². The predicted molar refractivity (Wildman–Crippen MR) is 64.8 cm³/mol. The van der Waals surface area contributed by atoms with Crippen molar-refractivity contribution in [3.63, 3.8) is 0 Å². The lowest BCUT2D eigenvalue weighted by atomic mass is 10.1. The van der Waals surface area contributed by atoms with Crippen LogP contribution in [0.25, 0.3) is 0 Å². The Balaban J connectivity index is 3.10. The summed E-state index contributed by atoms with van der Waals surface area (Å²) in [5, 5.41) is 3.57. The first-order valence-electron chi connectivity index (χ1n) is 6.05. The van der Waals surface area contributed by atoms with Crippen LogP contribution in [0.5, 0.6) is 0 Å². The molecule has 2 heteroatoms. The van der Waals surface area contributed by atoms with E-state index < -0.39 is 0 Å². The molecule has 0 aromatic heterocycles. The molecule has 2 nitrogen and oxygen atoms in total. The number of nitrogens with one attached hydrogen (secondary N) is 1. The van der Waals surface area contributed by atoms with Gasteiger partial charge in [-0.05, 0) is 53.4 Å². The molecule has 0 heterocycles. The van der Waals surface area contributed by atoms with Crippen LogP contribution in [-0.4, -0.2) is 38.1 Å². The van der Waals surface area contributed by atoms with Gasteiger partial charge in [0.05, 0.1) is 0 Å². The highest BCUT2D eigenvalue weighted by Gasteiger charge is 1.99. The highest BCUT2D eigenvalue weighted by Crippen LogP contribution is 1.99. The van der Waals surface area contributed by atoms with Crippen molar-refractivity contribution < 1.29 is 0 Å². The predicted octanol–water partition coefficient (Wildman–Crippen LogP) is 2.50. The zero-order valence-electron chi connectivity index (χ0n) is 10.5. The molecular formula is C12H28N2. The van der Waals surface area contributed by atoms with E-state index in [0.29, 0.717) is 6.04 Å². The van der Waals surface area contributed by atoms with Crippen molar-refractivity contribution in [2.24, 2.45) is 0 Å². The van der Waals surface area contributed by atoms with Gasteiger partial charge in [0.25, 0.3) is 0 Å². The van der Waals surface area contributed by atoms with Gasteiger partial charge in [0.15, 0.2) is 0 Å². The summed E-state index contributed by atoms with van der Waals surface area (Å²) >= 11 is 0. The van der Waals surface area contributed by atoms with E-state index in [4.69, 9.17) is 0 Å². The summed E-state index contributed by atoms with van der Waals surface area (Å²) in [6.07, 6.45) is 6.60. The van der Waals surface area contributed by atoms with Crippen molar-refractivity contribution in [1.29, 1.82) is 0 Å². The lowest BCUT2D eigenvalue weighted by Gasteiger charge is -2.14. The van der Waals surface area contributed by atoms with Crippen LogP contribution < -0.4 is 5.32 Å². The third-order valence-corrected chi connectivity index (χ3v) is 2.52. The Labute approximate surface area is 90.1 Å². The smallest absolute Gasteiger partial charge is 0.00387 e. The summed E-state index contributed by atoms with van der Waals surface area (Å²) in [7, 11) is 4.27. The molecule has 1 atom stereocenters. The van der Waals surface area contributed by atoms with Crippen LogP contribution in [0, 0.1) is 0 Å². The molecule has 0 aliphatic carbocycles. The highest BCUT2D eigenvalue weighted by atomic mass is 15.0. The average molecular weight is 200 g/mol. The Bertz CT molecular complexity index is 113. The Kier molecular flexibility index (Phi) is 9.42. The van der Waals surface area contributed by atoms with Gasteiger partial charge in [-0.3, -0.25) is 0 Å². The van der Waals surface area contributed by atoms with E-state index >= 15 is 0 Å². The summed E-state index contributed by atoms with van der Waals surface area (Å²) in [6, 6.07) is 0.703. The Morgan fingerprint density at radius 2 is 1.86 bits per heavy atom. The maximum Gasteiger partial charge on any atom is 0.00387 e. The zero-order chi connectivity index (χ0) is 10.8. The summed E-state index contributed by atoms with van der Waals surface area (Å²) in [5.41, 5.74) is 0. The molecule has 0 rings (SSSR count). The number of nitrogens with zero attached hydrogens (tertiary/aromatic N) is 1. The van der Waals surface area contributed by atoms with Gasteiger partial charge in [0, 0.05) is 6.04 Å². The van der Waals surface area contributed by atoms with Crippen molar-refractivity contribution in [1.82, 2.24) is 10.2 Å². The van der Waals surface area contributed by atoms with Crippen molar-refractivity contribution in [3.8, 4) is 0 Å². The number of unbranched alkanes of at least 4 members (excludes halogenated alkanes) is 2. The summed E-state index contributed by atoms with van der Waals surface area (Å²) in [6.45, 7) is 6.94. The average Bonchev–Trinajstić information content (AvgIpc) is 2.13. The first-order valence-corrected chi connectivity index (χ1v) is 6.05. The van der Waals surface area contributed by atoms with Crippen molar-refractivity contribution >= 4 is 0 Å². The minimum absolute atomic E-state index is 0.703. The van der Waals surface area contributed by atoms with Crippen LogP contribution in [0.1, 0.15) is 46.0 Å². The maximum absolute atomic E-state index is 3.57. The highest BCUT2D eigenvalue weighted by molar-refractivity contribution is 4.60. The second kappa shape index (κ2) is 9.47. The monoisotopic (exact) mass is 200 g/mol. The normalized spacial score (nSPS) is 13.5. The molecule has 0 aliphatic rings. The minimum atomic E-state index is 0.703. The van der Waals surface area contributed by atoms with Crippen LogP contribution in [-0.2, 0) is 0 Å². The molecule has 0 aromatic carbocycles. The van der Waals surface area contributed by atoms with Gasteiger partial charge in [0.1, 0.15) is 0 Å². The minimum Gasteiger partial charge on any atom is -0.314 e. The molecule has 86 valence electrons. The third kappa shape index (κ3) is 10.0. The van der Waals surface area contributed by atoms with E-state index in [9.17, 15) is 0 Å².